The normalized spacial score (nSPS) is 19.7. The summed E-state index contributed by atoms with van der Waals surface area (Å²) >= 11 is 3.27. The number of ether oxygens (including phenoxy) is 1. The summed E-state index contributed by atoms with van der Waals surface area (Å²) in [5.74, 6) is -3.98. The quantitative estimate of drug-likeness (QED) is 0.761. The summed E-state index contributed by atoms with van der Waals surface area (Å²) in [5.41, 5.74) is 0.813. The van der Waals surface area contributed by atoms with Gasteiger partial charge in [-0.3, -0.25) is 9.69 Å². The van der Waals surface area contributed by atoms with Crippen molar-refractivity contribution in [3.63, 3.8) is 0 Å². The van der Waals surface area contributed by atoms with Crippen LogP contribution in [0.1, 0.15) is 11.6 Å². The van der Waals surface area contributed by atoms with E-state index in [0.29, 0.717) is 17.0 Å². The Hall–Kier alpha value is -1.95. The van der Waals surface area contributed by atoms with E-state index in [0.717, 1.165) is 9.37 Å². The lowest BCUT2D eigenvalue weighted by Gasteiger charge is -2.46. The van der Waals surface area contributed by atoms with E-state index in [-0.39, 0.29) is 0 Å². The molecule has 2 aromatic rings. The van der Waals surface area contributed by atoms with Crippen molar-refractivity contribution in [1.29, 1.82) is 0 Å². The molecule has 0 spiro atoms. The highest BCUT2D eigenvalue weighted by Crippen LogP contribution is 2.49. The third-order valence-electron chi connectivity index (χ3n) is 3.64. The fourth-order valence-electron chi connectivity index (χ4n) is 2.50. The monoisotopic (exact) mass is 367 g/mol. The number of alkyl halides is 2. The second-order valence-corrected chi connectivity index (χ2v) is 5.87. The molecule has 1 aliphatic rings. The molecule has 0 aromatic heterocycles. The van der Waals surface area contributed by atoms with Gasteiger partial charge in [0.05, 0.1) is 7.11 Å². The number of methoxy groups -OCH3 is 1. The van der Waals surface area contributed by atoms with Crippen molar-refractivity contribution in [3.05, 3.63) is 58.6 Å². The molecule has 0 bridgehead atoms. The van der Waals surface area contributed by atoms with E-state index in [1.165, 1.54) is 7.11 Å². The molecular formula is C16H12BrF2NO2. The molecule has 1 amide bonds. The van der Waals surface area contributed by atoms with E-state index in [1.54, 1.807) is 48.5 Å². The third kappa shape index (κ3) is 2.27. The predicted octanol–water partition coefficient (Wildman–Crippen LogP) is 4.18. The zero-order valence-corrected chi connectivity index (χ0v) is 13.2. The van der Waals surface area contributed by atoms with Crippen molar-refractivity contribution in [2.45, 2.75) is 12.0 Å². The minimum Gasteiger partial charge on any atom is -0.497 e. The van der Waals surface area contributed by atoms with E-state index in [1.807, 2.05) is 0 Å². The van der Waals surface area contributed by atoms with Crippen LogP contribution < -0.4 is 9.64 Å². The maximum atomic E-state index is 14.0. The van der Waals surface area contributed by atoms with Crippen LogP contribution in [-0.4, -0.2) is 18.9 Å². The van der Waals surface area contributed by atoms with Crippen LogP contribution in [0.4, 0.5) is 14.5 Å². The van der Waals surface area contributed by atoms with Gasteiger partial charge in [-0.15, -0.1) is 0 Å². The number of benzene rings is 2. The zero-order chi connectivity index (χ0) is 15.9. The molecule has 3 rings (SSSR count). The van der Waals surface area contributed by atoms with E-state index in [9.17, 15) is 13.6 Å². The summed E-state index contributed by atoms with van der Waals surface area (Å²) in [7, 11) is 1.52. The molecule has 1 saturated heterocycles. The van der Waals surface area contributed by atoms with Gasteiger partial charge in [-0.2, -0.15) is 8.78 Å². The number of anilines is 1. The van der Waals surface area contributed by atoms with E-state index in [4.69, 9.17) is 4.74 Å². The van der Waals surface area contributed by atoms with Gasteiger partial charge in [0.2, 0.25) is 0 Å². The molecule has 1 atom stereocenters. The first-order valence-corrected chi connectivity index (χ1v) is 7.35. The Kier molecular flexibility index (Phi) is 3.64. The first kappa shape index (κ1) is 15.0. The van der Waals surface area contributed by atoms with Gasteiger partial charge in [-0.25, -0.2) is 0 Å². The number of β-lactam (4-membered cyclic amide) rings is 1. The average molecular weight is 368 g/mol. The van der Waals surface area contributed by atoms with Crippen molar-refractivity contribution in [2.24, 2.45) is 0 Å². The predicted molar refractivity (Wildman–Crippen MR) is 82.3 cm³/mol. The van der Waals surface area contributed by atoms with Gasteiger partial charge in [0, 0.05) is 10.2 Å². The summed E-state index contributed by atoms with van der Waals surface area (Å²) in [6, 6.07) is 11.7. The molecular weight excluding hydrogens is 356 g/mol. The molecule has 0 saturated carbocycles. The second-order valence-electron chi connectivity index (χ2n) is 4.95. The minimum absolute atomic E-state index is 0.392. The van der Waals surface area contributed by atoms with Gasteiger partial charge in [-0.1, -0.05) is 28.1 Å². The van der Waals surface area contributed by atoms with Crippen LogP contribution in [0, 0.1) is 0 Å². The molecule has 0 aliphatic carbocycles. The van der Waals surface area contributed by atoms with Crippen molar-refractivity contribution in [1.82, 2.24) is 0 Å². The summed E-state index contributed by atoms with van der Waals surface area (Å²) in [6.07, 6.45) is 0. The van der Waals surface area contributed by atoms with Crippen molar-refractivity contribution >= 4 is 27.5 Å². The Labute approximate surface area is 134 Å². The van der Waals surface area contributed by atoms with Crippen LogP contribution in [0.5, 0.6) is 5.75 Å². The smallest absolute Gasteiger partial charge is 0.349 e. The SMILES string of the molecule is COc1ccc(N2C(=O)C(F)(F)C2c2ccc(Br)cc2)cc1. The highest BCUT2D eigenvalue weighted by Gasteiger charge is 2.64. The molecule has 3 nitrogen and oxygen atoms in total. The fraction of sp³-hybridized carbons (Fsp3) is 0.188. The molecule has 0 radical (unpaired) electrons. The van der Waals surface area contributed by atoms with Gasteiger partial charge in [0.15, 0.2) is 0 Å². The highest BCUT2D eigenvalue weighted by molar-refractivity contribution is 9.10. The van der Waals surface area contributed by atoms with Gasteiger partial charge < -0.3 is 4.74 Å². The molecule has 114 valence electrons. The molecule has 0 N–H and O–H groups in total. The maximum absolute atomic E-state index is 14.0. The first-order valence-electron chi connectivity index (χ1n) is 6.56. The highest BCUT2D eigenvalue weighted by atomic mass is 79.9. The van der Waals surface area contributed by atoms with Gasteiger partial charge in [0.25, 0.3) is 0 Å². The third-order valence-corrected chi connectivity index (χ3v) is 4.17. The summed E-state index contributed by atoms with van der Waals surface area (Å²) < 4.78 is 33.9. The molecule has 1 heterocycles. The zero-order valence-electron chi connectivity index (χ0n) is 11.6. The molecule has 1 unspecified atom stereocenters. The number of rotatable bonds is 3. The van der Waals surface area contributed by atoms with Gasteiger partial charge in [0.1, 0.15) is 11.8 Å². The molecule has 22 heavy (non-hydrogen) atoms. The number of amides is 1. The Morgan fingerprint density at radius 1 is 1.09 bits per heavy atom. The molecule has 6 heteroatoms. The number of hydrogen-bond acceptors (Lipinski definition) is 2. The Bertz CT molecular complexity index is 701. The van der Waals surface area contributed by atoms with Crippen LogP contribution in [-0.2, 0) is 4.79 Å². The average Bonchev–Trinajstić information content (AvgIpc) is 2.53. The number of halogens is 3. The number of carbonyl (C=O) groups excluding carboxylic acids is 1. The largest absolute Gasteiger partial charge is 0.497 e. The van der Waals surface area contributed by atoms with Crippen LogP contribution in [0.3, 0.4) is 0 Å². The lowest BCUT2D eigenvalue weighted by atomic mass is 9.89. The first-order chi connectivity index (χ1) is 10.4. The molecule has 2 aromatic carbocycles. The number of carbonyl (C=O) groups is 1. The summed E-state index contributed by atoms with van der Waals surface area (Å²) in [4.78, 5) is 12.9. The molecule has 1 fully saturated rings. The lowest BCUT2D eigenvalue weighted by Crippen LogP contribution is -2.64. The molecule has 1 aliphatic heterocycles. The van der Waals surface area contributed by atoms with Crippen LogP contribution >= 0.6 is 15.9 Å². The second kappa shape index (κ2) is 5.35. The minimum atomic E-state index is -3.40. The lowest BCUT2D eigenvalue weighted by molar-refractivity contribution is -0.162. The summed E-state index contributed by atoms with van der Waals surface area (Å²) in [5, 5.41) is 0. The van der Waals surface area contributed by atoms with E-state index in [2.05, 4.69) is 15.9 Å². The maximum Gasteiger partial charge on any atom is 0.349 e. The van der Waals surface area contributed by atoms with Crippen LogP contribution in [0.25, 0.3) is 0 Å². The van der Waals surface area contributed by atoms with Gasteiger partial charge in [-0.05, 0) is 42.0 Å². The van der Waals surface area contributed by atoms with E-state index < -0.39 is 17.9 Å². The van der Waals surface area contributed by atoms with Crippen LogP contribution in [0.15, 0.2) is 53.0 Å². The summed E-state index contributed by atoms with van der Waals surface area (Å²) in [6.45, 7) is 0. The van der Waals surface area contributed by atoms with Crippen molar-refractivity contribution < 1.29 is 18.3 Å². The Morgan fingerprint density at radius 2 is 1.68 bits per heavy atom. The van der Waals surface area contributed by atoms with Gasteiger partial charge >= 0.3 is 11.8 Å². The topological polar surface area (TPSA) is 29.5 Å². The number of hydrogen-bond donors (Lipinski definition) is 0. The standard InChI is InChI=1S/C16H12BrF2NO2/c1-22-13-8-6-12(7-9-13)20-14(16(18,19)15(20)21)10-2-4-11(17)5-3-10/h2-9,14H,1H3. The fourth-order valence-corrected chi connectivity index (χ4v) is 2.77. The van der Waals surface area contributed by atoms with Crippen molar-refractivity contribution in [2.75, 3.05) is 12.0 Å². The number of nitrogens with zero attached hydrogens (tertiary/aromatic N) is 1. The van der Waals surface area contributed by atoms with Crippen LogP contribution in [0.2, 0.25) is 0 Å². The Balaban J connectivity index is 1.98. The van der Waals surface area contributed by atoms with Crippen molar-refractivity contribution in [3.8, 4) is 5.75 Å². The Morgan fingerprint density at radius 3 is 2.23 bits per heavy atom. The van der Waals surface area contributed by atoms with E-state index >= 15 is 0 Å².